The van der Waals surface area contributed by atoms with Crippen molar-refractivity contribution in [2.24, 2.45) is 0 Å². The summed E-state index contributed by atoms with van der Waals surface area (Å²) >= 11 is 3.45. The van der Waals surface area contributed by atoms with Crippen molar-refractivity contribution >= 4 is 33.6 Å². The van der Waals surface area contributed by atoms with Gasteiger partial charge in [-0.1, -0.05) is 18.2 Å². The summed E-state index contributed by atoms with van der Waals surface area (Å²) in [4.78, 5) is 12.3. The van der Waals surface area contributed by atoms with Gasteiger partial charge in [0, 0.05) is 5.69 Å². The molecule has 5 nitrogen and oxygen atoms in total. The van der Waals surface area contributed by atoms with Gasteiger partial charge in [0.1, 0.15) is 11.6 Å². The predicted octanol–water partition coefficient (Wildman–Crippen LogP) is 4.79. The lowest BCUT2D eigenvalue weighted by Crippen LogP contribution is -2.13. The molecule has 0 aromatic heterocycles. The molecule has 6 heteroatoms. The third-order valence-corrected chi connectivity index (χ3v) is 3.90. The van der Waals surface area contributed by atoms with E-state index in [1.54, 1.807) is 36.4 Å². The summed E-state index contributed by atoms with van der Waals surface area (Å²) in [6, 6.07) is 14.4. The highest BCUT2D eigenvalue weighted by molar-refractivity contribution is 9.10. The summed E-state index contributed by atoms with van der Waals surface area (Å²) in [6.45, 7) is 3.84. The van der Waals surface area contributed by atoms with Gasteiger partial charge >= 0.3 is 0 Å². The second kappa shape index (κ2) is 9.07. The van der Waals surface area contributed by atoms with E-state index >= 15 is 0 Å². The van der Waals surface area contributed by atoms with E-state index in [-0.39, 0.29) is 11.7 Å². The van der Waals surface area contributed by atoms with E-state index in [0.717, 1.165) is 0 Å². The molecule has 0 fully saturated rings. The number of methoxy groups -OCH3 is 1. The summed E-state index contributed by atoms with van der Waals surface area (Å²) in [7, 11) is 1.54. The van der Waals surface area contributed by atoms with Crippen molar-refractivity contribution in [3.05, 3.63) is 58.1 Å². The Morgan fingerprint density at radius 1 is 1.27 bits per heavy atom. The van der Waals surface area contributed by atoms with Crippen LogP contribution in [0.25, 0.3) is 6.08 Å². The highest BCUT2D eigenvalue weighted by Gasteiger charge is 2.14. The molecule has 0 aliphatic heterocycles. The van der Waals surface area contributed by atoms with Crippen LogP contribution in [-0.4, -0.2) is 19.1 Å². The van der Waals surface area contributed by atoms with E-state index in [4.69, 9.17) is 9.47 Å². The Morgan fingerprint density at radius 2 is 1.96 bits per heavy atom. The van der Waals surface area contributed by atoms with Crippen molar-refractivity contribution in [1.82, 2.24) is 0 Å². The Morgan fingerprint density at radius 3 is 2.54 bits per heavy atom. The van der Waals surface area contributed by atoms with E-state index in [2.05, 4.69) is 21.2 Å². The van der Waals surface area contributed by atoms with Crippen LogP contribution in [0.3, 0.4) is 0 Å². The number of halogens is 1. The van der Waals surface area contributed by atoms with Crippen molar-refractivity contribution in [3.8, 4) is 17.6 Å². The van der Waals surface area contributed by atoms with Crippen LogP contribution in [0, 0.1) is 11.3 Å². The van der Waals surface area contributed by atoms with Gasteiger partial charge in [0.2, 0.25) is 0 Å². The molecule has 134 valence electrons. The fourth-order valence-electron chi connectivity index (χ4n) is 2.21. The molecule has 0 heterocycles. The molecule has 1 N–H and O–H groups in total. The molecule has 0 saturated carbocycles. The van der Waals surface area contributed by atoms with Crippen LogP contribution in [-0.2, 0) is 4.79 Å². The van der Waals surface area contributed by atoms with E-state index < -0.39 is 5.91 Å². The fraction of sp³-hybridized carbons (Fsp3) is 0.200. The largest absolute Gasteiger partial charge is 0.493 e. The topological polar surface area (TPSA) is 71.3 Å². The van der Waals surface area contributed by atoms with Gasteiger partial charge in [-0.3, -0.25) is 4.79 Å². The molecule has 0 saturated heterocycles. The molecule has 0 spiro atoms. The van der Waals surface area contributed by atoms with Crippen molar-refractivity contribution in [2.45, 2.75) is 20.0 Å². The molecule has 1 amide bonds. The predicted molar refractivity (Wildman–Crippen MR) is 105 cm³/mol. The number of carbonyl (C=O) groups is 1. The van der Waals surface area contributed by atoms with Gasteiger partial charge < -0.3 is 14.8 Å². The molecule has 0 aliphatic rings. The van der Waals surface area contributed by atoms with Gasteiger partial charge in [-0.2, -0.15) is 5.26 Å². The van der Waals surface area contributed by atoms with Crippen molar-refractivity contribution < 1.29 is 14.3 Å². The quantitative estimate of drug-likeness (QED) is 0.544. The highest BCUT2D eigenvalue weighted by Crippen LogP contribution is 2.37. The number of para-hydroxylation sites is 1. The monoisotopic (exact) mass is 414 g/mol. The second-order valence-corrected chi connectivity index (χ2v) is 6.55. The Balaban J connectivity index is 2.32. The minimum atomic E-state index is -0.476. The lowest BCUT2D eigenvalue weighted by atomic mass is 10.1. The number of hydrogen-bond acceptors (Lipinski definition) is 4. The first-order chi connectivity index (χ1) is 12.4. The minimum absolute atomic E-state index is 0.0136. The van der Waals surface area contributed by atoms with Crippen molar-refractivity contribution in [3.63, 3.8) is 0 Å². The fourth-order valence-corrected chi connectivity index (χ4v) is 2.76. The third kappa shape index (κ3) is 5.11. The molecular formula is C20H19BrN2O3. The Hall–Kier alpha value is -2.78. The molecule has 2 aromatic carbocycles. The highest BCUT2D eigenvalue weighted by atomic mass is 79.9. The Kier molecular flexibility index (Phi) is 6.81. The van der Waals surface area contributed by atoms with Crippen LogP contribution in [0.15, 0.2) is 52.5 Å². The Labute approximate surface area is 161 Å². The number of hydrogen-bond donors (Lipinski definition) is 1. The minimum Gasteiger partial charge on any atom is -0.493 e. The van der Waals surface area contributed by atoms with Gasteiger partial charge in [0.05, 0.1) is 17.7 Å². The molecule has 2 rings (SSSR count). The molecule has 0 radical (unpaired) electrons. The first kappa shape index (κ1) is 19.5. The van der Waals surface area contributed by atoms with Crippen LogP contribution in [0.1, 0.15) is 19.4 Å². The maximum absolute atomic E-state index is 12.3. The number of nitriles is 1. The Bertz CT molecular complexity index is 855. The molecule has 0 unspecified atom stereocenters. The van der Waals surface area contributed by atoms with Crippen LogP contribution >= 0.6 is 15.9 Å². The summed E-state index contributed by atoms with van der Waals surface area (Å²) in [5.74, 6) is 0.614. The summed E-state index contributed by atoms with van der Waals surface area (Å²) < 4.78 is 11.8. The van der Waals surface area contributed by atoms with Crippen molar-refractivity contribution in [2.75, 3.05) is 12.4 Å². The van der Waals surface area contributed by atoms with Gasteiger partial charge in [-0.05, 0) is 65.7 Å². The number of rotatable bonds is 6. The van der Waals surface area contributed by atoms with Crippen LogP contribution in [0.2, 0.25) is 0 Å². The first-order valence-electron chi connectivity index (χ1n) is 7.97. The van der Waals surface area contributed by atoms with E-state index in [1.807, 2.05) is 26.0 Å². The van der Waals surface area contributed by atoms with Gasteiger partial charge in [0.25, 0.3) is 5.91 Å². The molecular weight excluding hydrogens is 396 g/mol. The van der Waals surface area contributed by atoms with Gasteiger partial charge in [-0.25, -0.2) is 0 Å². The van der Waals surface area contributed by atoms with Crippen molar-refractivity contribution in [1.29, 1.82) is 5.26 Å². The zero-order valence-corrected chi connectivity index (χ0v) is 16.3. The average Bonchev–Trinajstić information content (AvgIpc) is 2.62. The number of carbonyl (C=O) groups excluding carboxylic acids is 1. The van der Waals surface area contributed by atoms with Gasteiger partial charge in [0.15, 0.2) is 11.5 Å². The molecule has 0 bridgehead atoms. The van der Waals surface area contributed by atoms with E-state index in [1.165, 1.54) is 13.2 Å². The molecule has 26 heavy (non-hydrogen) atoms. The number of benzene rings is 2. The van der Waals surface area contributed by atoms with Gasteiger partial charge in [-0.15, -0.1) is 0 Å². The van der Waals surface area contributed by atoms with E-state index in [0.29, 0.717) is 27.2 Å². The zero-order chi connectivity index (χ0) is 19.1. The van der Waals surface area contributed by atoms with E-state index in [9.17, 15) is 10.1 Å². The maximum atomic E-state index is 12.3. The zero-order valence-electron chi connectivity index (χ0n) is 14.7. The smallest absolute Gasteiger partial charge is 0.266 e. The number of ether oxygens (including phenoxy) is 2. The van der Waals surface area contributed by atoms with Crippen LogP contribution in [0.4, 0.5) is 5.69 Å². The molecule has 2 aromatic rings. The third-order valence-electron chi connectivity index (χ3n) is 3.31. The number of nitrogens with zero attached hydrogens (tertiary/aromatic N) is 1. The molecule has 0 aliphatic carbocycles. The summed E-state index contributed by atoms with van der Waals surface area (Å²) in [6.07, 6.45) is 1.48. The normalized spacial score (nSPS) is 11.0. The SMILES string of the molecule is COc1cc(/C=C(\C#N)C(=O)Nc2ccccc2)cc(Br)c1OC(C)C. The maximum Gasteiger partial charge on any atom is 0.266 e. The lowest BCUT2D eigenvalue weighted by Gasteiger charge is -2.16. The standard InChI is InChI=1S/C20H19BrN2O3/c1-13(2)26-19-17(21)10-14(11-18(19)25-3)9-15(12-22)20(24)23-16-7-5-4-6-8-16/h4-11,13H,1-3H3,(H,23,24)/b15-9+. The summed E-state index contributed by atoms with van der Waals surface area (Å²) in [5.41, 5.74) is 1.25. The van der Waals surface area contributed by atoms with Crippen LogP contribution < -0.4 is 14.8 Å². The number of anilines is 1. The first-order valence-corrected chi connectivity index (χ1v) is 8.76. The summed E-state index contributed by atoms with van der Waals surface area (Å²) in [5, 5.41) is 12.1. The number of amides is 1. The average molecular weight is 415 g/mol. The number of nitrogens with one attached hydrogen (secondary N) is 1. The lowest BCUT2D eigenvalue weighted by molar-refractivity contribution is -0.112. The van der Waals surface area contributed by atoms with Crippen LogP contribution in [0.5, 0.6) is 11.5 Å². The molecule has 0 atom stereocenters. The second-order valence-electron chi connectivity index (χ2n) is 5.69.